The van der Waals surface area contributed by atoms with Crippen molar-refractivity contribution < 1.29 is 9.59 Å². The summed E-state index contributed by atoms with van der Waals surface area (Å²) >= 11 is 0. The zero-order chi connectivity index (χ0) is 22.1. The van der Waals surface area contributed by atoms with Gasteiger partial charge in [-0.1, -0.05) is 0 Å². The van der Waals surface area contributed by atoms with E-state index in [4.69, 9.17) is 5.73 Å². The van der Waals surface area contributed by atoms with E-state index in [2.05, 4.69) is 36.6 Å². The fraction of sp³-hybridized carbons (Fsp3) is 0.429. The molecule has 1 unspecified atom stereocenters. The van der Waals surface area contributed by atoms with Gasteiger partial charge in [-0.25, -0.2) is 4.98 Å². The minimum Gasteiger partial charge on any atom is -0.383 e. The zero-order valence-electron chi connectivity index (χ0n) is 17.7. The van der Waals surface area contributed by atoms with Crippen LogP contribution in [-0.2, 0) is 4.79 Å². The molecule has 7 N–H and O–H groups in total. The Morgan fingerprint density at radius 2 is 1.94 bits per heavy atom. The highest BCUT2D eigenvalue weighted by Gasteiger charge is 2.16. The Kier molecular flexibility index (Phi) is 7.99. The maximum Gasteiger partial charge on any atom is 0.254 e. The zero-order valence-corrected chi connectivity index (χ0v) is 17.7. The highest BCUT2D eigenvalue weighted by atomic mass is 16.1. The number of piperidine rings is 1. The molecule has 2 amide bonds. The van der Waals surface area contributed by atoms with E-state index >= 15 is 0 Å². The SMILES string of the molecule is CC(=O)NCCNc1ccc(Nc2ncc(C(N)=O)c(NCC3CCCNC3)n2)cc1. The smallest absolute Gasteiger partial charge is 0.254 e. The predicted octanol–water partition coefficient (Wildman–Crippen LogP) is 1.28. The fourth-order valence-electron chi connectivity index (χ4n) is 3.34. The number of amides is 2. The Balaban J connectivity index is 1.60. The van der Waals surface area contributed by atoms with Crippen molar-refractivity contribution in [1.29, 1.82) is 0 Å². The second-order valence-electron chi connectivity index (χ2n) is 7.53. The number of rotatable bonds is 10. The maximum absolute atomic E-state index is 11.8. The molecule has 1 atom stereocenters. The summed E-state index contributed by atoms with van der Waals surface area (Å²) in [4.78, 5) is 31.3. The number of hydrogen-bond acceptors (Lipinski definition) is 8. The summed E-state index contributed by atoms with van der Waals surface area (Å²) < 4.78 is 0. The van der Waals surface area contributed by atoms with Crippen molar-refractivity contribution in [2.24, 2.45) is 11.7 Å². The molecule has 0 saturated carbocycles. The van der Waals surface area contributed by atoms with Crippen LogP contribution in [0.15, 0.2) is 30.5 Å². The second kappa shape index (κ2) is 11.1. The number of nitrogens with two attached hydrogens (primary N) is 1. The highest BCUT2D eigenvalue weighted by molar-refractivity contribution is 5.97. The lowest BCUT2D eigenvalue weighted by atomic mass is 10.00. The number of benzene rings is 1. The Hall–Kier alpha value is -3.40. The van der Waals surface area contributed by atoms with Crippen LogP contribution in [0.25, 0.3) is 0 Å². The van der Waals surface area contributed by atoms with Crippen molar-refractivity contribution in [3.8, 4) is 0 Å². The molecule has 1 aliphatic rings. The topological polar surface area (TPSA) is 146 Å². The van der Waals surface area contributed by atoms with E-state index in [9.17, 15) is 9.59 Å². The number of aromatic nitrogens is 2. The third-order valence-corrected chi connectivity index (χ3v) is 4.98. The molecule has 10 heteroatoms. The van der Waals surface area contributed by atoms with Crippen LogP contribution in [0.2, 0.25) is 0 Å². The first-order chi connectivity index (χ1) is 15.0. The van der Waals surface area contributed by atoms with Gasteiger partial charge in [-0.3, -0.25) is 9.59 Å². The van der Waals surface area contributed by atoms with Crippen LogP contribution >= 0.6 is 0 Å². The number of nitrogens with one attached hydrogen (secondary N) is 5. The molecular formula is C21H30N8O2. The summed E-state index contributed by atoms with van der Waals surface area (Å²) in [5.74, 6) is 0.678. The normalized spacial score (nSPS) is 15.7. The molecule has 0 bridgehead atoms. The largest absolute Gasteiger partial charge is 0.383 e. The standard InChI is InChI=1S/C21H30N8O2/c1-14(30)24-9-10-25-16-4-6-17(7-5-16)28-21-27-13-18(19(22)31)20(29-21)26-12-15-3-2-8-23-11-15/h4-7,13,15,23,25H,2-3,8-12H2,1H3,(H2,22,31)(H,24,30)(H2,26,27,28,29). The monoisotopic (exact) mass is 426 g/mol. The van der Waals surface area contributed by atoms with Crippen molar-refractivity contribution in [2.75, 3.05) is 48.7 Å². The quantitative estimate of drug-likeness (QED) is 0.312. The number of carbonyl (C=O) groups is 2. The summed E-state index contributed by atoms with van der Waals surface area (Å²) in [7, 11) is 0. The molecule has 0 spiro atoms. The minimum absolute atomic E-state index is 0.0482. The molecule has 3 rings (SSSR count). The molecular weight excluding hydrogens is 396 g/mol. The third kappa shape index (κ3) is 7.10. The van der Waals surface area contributed by atoms with Gasteiger partial charge < -0.3 is 32.3 Å². The minimum atomic E-state index is -0.564. The van der Waals surface area contributed by atoms with Crippen molar-refractivity contribution in [1.82, 2.24) is 20.6 Å². The summed E-state index contributed by atoms with van der Waals surface area (Å²) in [6.45, 7) is 5.39. The Morgan fingerprint density at radius 3 is 2.61 bits per heavy atom. The number of primary amides is 1. The Morgan fingerprint density at radius 1 is 1.16 bits per heavy atom. The van der Waals surface area contributed by atoms with Crippen LogP contribution in [0, 0.1) is 5.92 Å². The molecule has 2 aromatic rings. The predicted molar refractivity (Wildman–Crippen MR) is 122 cm³/mol. The molecule has 166 valence electrons. The molecule has 31 heavy (non-hydrogen) atoms. The van der Waals surface area contributed by atoms with Crippen LogP contribution in [-0.4, -0.2) is 54.5 Å². The molecule has 1 aliphatic heterocycles. The first-order valence-corrected chi connectivity index (χ1v) is 10.5. The molecule has 2 heterocycles. The summed E-state index contributed by atoms with van der Waals surface area (Å²) in [6.07, 6.45) is 3.72. The molecule has 0 radical (unpaired) electrons. The fourth-order valence-corrected chi connectivity index (χ4v) is 3.34. The lowest BCUT2D eigenvalue weighted by Crippen LogP contribution is -2.34. The van der Waals surface area contributed by atoms with E-state index in [0.717, 1.165) is 37.3 Å². The highest BCUT2D eigenvalue weighted by Crippen LogP contribution is 2.20. The molecule has 1 fully saturated rings. The lowest BCUT2D eigenvalue weighted by molar-refractivity contribution is -0.118. The van der Waals surface area contributed by atoms with Gasteiger partial charge in [0, 0.05) is 44.1 Å². The van der Waals surface area contributed by atoms with E-state index in [1.54, 1.807) is 0 Å². The van der Waals surface area contributed by atoms with Crippen molar-refractivity contribution >= 4 is 35.0 Å². The second-order valence-corrected chi connectivity index (χ2v) is 7.53. The van der Waals surface area contributed by atoms with Gasteiger partial charge in [0.1, 0.15) is 5.82 Å². The number of hydrogen-bond donors (Lipinski definition) is 6. The number of anilines is 4. The first-order valence-electron chi connectivity index (χ1n) is 10.5. The van der Waals surface area contributed by atoms with Gasteiger partial charge in [-0.15, -0.1) is 0 Å². The van der Waals surface area contributed by atoms with Gasteiger partial charge in [0.2, 0.25) is 11.9 Å². The Labute approximate surface area is 181 Å². The molecule has 0 aliphatic carbocycles. The van der Waals surface area contributed by atoms with Gasteiger partial charge in [0.25, 0.3) is 5.91 Å². The lowest BCUT2D eigenvalue weighted by Gasteiger charge is -2.23. The number of nitrogens with zero attached hydrogens (tertiary/aromatic N) is 2. The average Bonchev–Trinajstić information content (AvgIpc) is 2.77. The molecule has 10 nitrogen and oxygen atoms in total. The molecule has 1 saturated heterocycles. The summed E-state index contributed by atoms with van der Waals surface area (Å²) in [5.41, 5.74) is 7.50. The van der Waals surface area contributed by atoms with Gasteiger partial charge >= 0.3 is 0 Å². The van der Waals surface area contributed by atoms with Crippen molar-refractivity contribution in [2.45, 2.75) is 19.8 Å². The third-order valence-electron chi connectivity index (χ3n) is 4.98. The van der Waals surface area contributed by atoms with E-state index in [1.165, 1.54) is 13.1 Å². The van der Waals surface area contributed by atoms with Crippen molar-refractivity contribution in [3.63, 3.8) is 0 Å². The van der Waals surface area contributed by atoms with Crippen LogP contribution in [0.1, 0.15) is 30.1 Å². The van der Waals surface area contributed by atoms with Gasteiger partial charge in [0.05, 0.1) is 5.56 Å². The van der Waals surface area contributed by atoms with E-state index < -0.39 is 5.91 Å². The Bertz CT molecular complexity index is 881. The molecule has 1 aromatic heterocycles. The van der Waals surface area contributed by atoms with E-state index in [0.29, 0.717) is 37.3 Å². The van der Waals surface area contributed by atoms with Crippen LogP contribution in [0.5, 0.6) is 0 Å². The summed E-state index contributed by atoms with van der Waals surface area (Å²) in [5, 5.41) is 15.8. The first kappa shape index (κ1) is 22.3. The van der Waals surface area contributed by atoms with Crippen LogP contribution in [0.3, 0.4) is 0 Å². The van der Waals surface area contributed by atoms with E-state index in [1.807, 2.05) is 24.3 Å². The van der Waals surface area contributed by atoms with Crippen LogP contribution in [0.4, 0.5) is 23.1 Å². The number of carbonyl (C=O) groups excluding carboxylic acids is 2. The van der Waals surface area contributed by atoms with Crippen LogP contribution < -0.4 is 32.3 Å². The maximum atomic E-state index is 11.8. The van der Waals surface area contributed by atoms with Crippen molar-refractivity contribution in [3.05, 3.63) is 36.0 Å². The van der Waals surface area contributed by atoms with Gasteiger partial charge in [-0.05, 0) is 56.1 Å². The van der Waals surface area contributed by atoms with E-state index in [-0.39, 0.29) is 11.5 Å². The van der Waals surface area contributed by atoms with Gasteiger partial charge in [0.15, 0.2) is 0 Å². The average molecular weight is 427 g/mol. The summed E-state index contributed by atoms with van der Waals surface area (Å²) in [6, 6.07) is 7.63. The van der Waals surface area contributed by atoms with Gasteiger partial charge in [-0.2, -0.15) is 4.98 Å². The molecule has 1 aromatic carbocycles.